The molecule has 3 atom stereocenters. The molecule has 3 fully saturated rings. The molecule has 0 radical (unpaired) electrons. The highest BCUT2D eigenvalue weighted by Gasteiger charge is 2.40. The molecule has 0 aliphatic carbocycles. The number of nitrogens with zero attached hydrogens (tertiary/aromatic N) is 3. The molecule has 6 rings (SSSR count). The summed E-state index contributed by atoms with van der Waals surface area (Å²) in [5, 5.41) is 4.49. The second-order valence-corrected chi connectivity index (χ2v) is 9.12. The van der Waals surface area contributed by atoms with Gasteiger partial charge in [0.1, 0.15) is 12.6 Å². The third-order valence-corrected chi connectivity index (χ3v) is 6.59. The van der Waals surface area contributed by atoms with Crippen molar-refractivity contribution in [2.24, 2.45) is 0 Å². The molecule has 184 valence electrons. The van der Waals surface area contributed by atoms with Gasteiger partial charge in [-0.05, 0) is 25.5 Å². The molecule has 3 aliphatic heterocycles. The number of halogens is 1. The monoisotopic (exact) mass is 483 g/mol. The van der Waals surface area contributed by atoms with E-state index in [4.69, 9.17) is 23.5 Å². The summed E-state index contributed by atoms with van der Waals surface area (Å²) in [7, 11) is 0. The van der Waals surface area contributed by atoms with Gasteiger partial charge in [-0.25, -0.2) is 14.1 Å². The van der Waals surface area contributed by atoms with Crippen LogP contribution < -0.4 is 9.80 Å². The third kappa shape index (κ3) is 3.81. The standard InChI is InChI=1S/C25H26FN3O6/c1-14-11-28(12-15(2)34-14)21-17(24-31-8-9-32-24)10-18-22(20(21)26)35-27-23(18)29-19(13-33-25(29)30)16-6-4-3-5-7-16/h3-7,10,14-15,19,24H,8-9,11-13H2,1-2H3/t14-,15+,19-/m0/s1. The summed E-state index contributed by atoms with van der Waals surface area (Å²) in [5.74, 6) is -0.370. The molecule has 1 amide bonds. The van der Waals surface area contributed by atoms with Gasteiger partial charge in [-0.15, -0.1) is 0 Å². The molecule has 0 unspecified atom stereocenters. The van der Waals surface area contributed by atoms with Crippen LogP contribution in [0, 0.1) is 5.82 Å². The van der Waals surface area contributed by atoms with Gasteiger partial charge < -0.3 is 28.4 Å². The Labute approximate surface area is 201 Å². The smallest absolute Gasteiger partial charge is 0.416 e. The molecule has 0 bridgehead atoms. The third-order valence-electron chi connectivity index (χ3n) is 6.59. The van der Waals surface area contributed by atoms with Crippen LogP contribution in [0.1, 0.15) is 37.3 Å². The summed E-state index contributed by atoms with van der Waals surface area (Å²) in [5.41, 5.74) is 1.72. The number of cyclic esters (lactones) is 1. The Bertz CT molecular complexity index is 1230. The summed E-state index contributed by atoms with van der Waals surface area (Å²) in [6.45, 7) is 5.88. The minimum atomic E-state index is -0.740. The average molecular weight is 483 g/mol. The maximum Gasteiger partial charge on any atom is 0.416 e. The zero-order valence-electron chi connectivity index (χ0n) is 19.5. The maximum atomic E-state index is 16.2. The van der Waals surface area contributed by atoms with Crippen LogP contribution in [0.15, 0.2) is 40.9 Å². The van der Waals surface area contributed by atoms with Crippen LogP contribution in [0.5, 0.6) is 0 Å². The summed E-state index contributed by atoms with van der Waals surface area (Å²) in [6, 6.07) is 10.8. The zero-order chi connectivity index (χ0) is 24.1. The first kappa shape index (κ1) is 22.3. The number of carbonyl (C=O) groups excluding carboxylic acids is 1. The summed E-state index contributed by atoms with van der Waals surface area (Å²) in [6.07, 6.45) is -1.47. The summed E-state index contributed by atoms with van der Waals surface area (Å²) >= 11 is 0. The molecular formula is C25H26FN3O6. The molecule has 3 aliphatic rings. The minimum Gasteiger partial charge on any atom is -0.447 e. The number of fused-ring (bicyclic) bond motifs is 1. The van der Waals surface area contributed by atoms with Crippen LogP contribution in [-0.4, -0.2) is 56.4 Å². The van der Waals surface area contributed by atoms with E-state index in [-0.39, 0.29) is 30.2 Å². The van der Waals surface area contributed by atoms with Crippen LogP contribution in [0.4, 0.5) is 20.7 Å². The first-order valence-corrected chi connectivity index (χ1v) is 11.8. The van der Waals surface area contributed by atoms with E-state index in [1.165, 1.54) is 4.90 Å². The fourth-order valence-electron chi connectivity index (χ4n) is 5.18. The second-order valence-electron chi connectivity index (χ2n) is 9.12. The van der Waals surface area contributed by atoms with Gasteiger partial charge in [-0.1, -0.05) is 35.5 Å². The van der Waals surface area contributed by atoms with E-state index in [1.54, 1.807) is 6.07 Å². The van der Waals surface area contributed by atoms with E-state index in [1.807, 2.05) is 49.1 Å². The van der Waals surface area contributed by atoms with Crippen molar-refractivity contribution in [3.05, 3.63) is 53.3 Å². The molecule has 3 saturated heterocycles. The molecule has 3 aromatic rings. The summed E-state index contributed by atoms with van der Waals surface area (Å²) < 4.78 is 44.4. The van der Waals surface area contributed by atoms with Gasteiger partial charge in [0.2, 0.25) is 5.58 Å². The predicted octanol–water partition coefficient (Wildman–Crippen LogP) is 4.32. The van der Waals surface area contributed by atoms with Gasteiger partial charge in [0, 0.05) is 18.7 Å². The van der Waals surface area contributed by atoms with Gasteiger partial charge in [-0.3, -0.25) is 0 Å². The van der Waals surface area contributed by atoms with Crippen LogP contribution in [0.3, 0.4) is 0 Å². The molecule has 0 saturated carbocycles. The van der Waals surface area contributed by atoms with E-state index in [0.29, 0.717) is 42.9 Å². The van der Waals surface area contributed by atoms with E-state index in [2.05, 4.69) is 5.16 Å². The van der Waals surface area contributed by atoms with E-state index in [0.717, 1.165) is 5.56 Å². The Morgan fingerprint density at radius 2 is 1.77 bits per heavy atom. The van der Waals surface area contributed by atoms with Crippen molar-refractivity contribution in [3.8, 4) is 0 Å². The highest BCUT2D eigenvalue weighted by molar-refractivity contribution is 6.01. The number of morpholine rings is 1. The van der Waals surface area contributed by atoms with Crippen molar-refractivity contribution < 1.29 is 32.7 Å². The molecule has 0 spiro atoms. The number of hydrogen-bond donors (Lipinski definition) is 0. The normalized spacial score (nSPS) is 25.6. The van der Waals surface area contributed by atoms with Crippen LogP contribution >= 0.6 is 0 Å². The number of ether oxygens (including phenoxy) is 4. The SMILES string of the molecule is C[C@@H]1CN(c2c(C3OCCO3)cc3c(N4C(=O)OC[C@H]4c4ccccc4)noc3c2F)C[C@H](C)O1. The van der Waals surface area contributed by atoms with Crippen molar-refractivity contribution in [2.45, 2.75) is 38.4 Å². The van der Waals surface area contributed by atoms with Crippen molar-refractivity contribution in [2.75, 3.05) is 42.7 Å². The van der Waals surface area contributed by atoms with E-state index < -0.39 is 24.2 Å². The average Bonchev–Trinajstić information content (AvgIpc) is 3.59. The number of aromatic nitrogens is 1. The number of anilines is 2. The lowest BCUT2D eigenvalue weighted by molar-refractivity contribution is -0.0445. The largest absolute Gasteiger partial charge is 0.447 e. The first-order chi connectivity index (χ1) is 17.0. The second kappa shape index (κ2) is 8.78. The van der Waals surface area contributed by atoms with Crippen LogP contribution in [-0.2, 0) is 18.9 Å². The number of amides is 1. The number of rotatable bonds is 4. The van der Waals surface area contributed by atoms with Crippen molar-refractivity contribution in [1.82, 2.24) is 5.16 Å². The quantitative estimate of drug-likeness (QED) is 0.542. The predicted molar refractivity (Wildman–Crippen MR) is 124 cm³/mol. The minimum absolute atomic E-state index is 0.0324. The Balaban J connectivity index is 1.49. The van der Waals surface area contributed by atoms with Gasteiger partial charge in [0.15, 0.2) is 17.9 Å². The molecule has 9 nitrogen and oxygen atoms in total. The molecule has 0 N–H and O–H groups in total. The van der Waals surface area contributed by atoms with E-state index in [9.17, 15) is 4.79 Å². The Morgan fingerprint density at radius 3 is 2.49 bits per heavy atom. The Hall–Kier alpha value is -3.21. The lowest BCUT2D eigenvalue weighted by Crippen LogP contribution is -2.46. The molecule has 4 heterocycles. The van der Waals surface area contributed by atoms with Crippen LogP contribution in [0.2, 0.25) is 0 Å². The Morgan fingerprint density at radius 1 is 1.06 bits per heavy atom. The molecule has 10 heteroatoms. The van der Waals surface area contributed by atoms with Gasteiger partial charge in [0.25, 0.3) is 0 Å². The van der Waals surface area contributed by atoms with Crippen molar-refractivity contribution >= 4 is 28.6 Å². The van der Waals surface area contributed by atoms with E-state index >= 15 is 4.39 Å². The Kier molecular flexibility index (Phi) is 5.58. The number of hydrogen-bond acceptors (Lipinski definition) is 8. The zero-order valence-corrected chi connectivity index (χ0v) is 19.5. The highest BCUT2D eigenvalue weighted by atomic mass is 19.1. The van der Waals surface area contributed by atoms with Crippen LogP contribution in [0.25, 0.3) is 11.0 Å². The number of carbonyl (C=O) groups is 1. The number of benzene rings is 2. The van der Waals surface area contributed by atoms with Gasteiger partial charge >= 0.3 is 6.09 Å². The molecule has 2 aromatic carbocycles. The maximum absolute atomic E-state index is 16.2. The first-order valence-electron chi connectivity index (χ1n) is 11.8. The van der Waals surface area contributed by atoms with Gasteiger partial charge in [-0.2, -0.15) is 0 Å². The summed E-state index contributed by atoms with van der Waals surface area (Å²) in [4.78, 5) is 16.1. The lowest BCUT2D eigenvalue weighted by atomic mass is 10.0. The molecular weight excluding hydrogens is 457 g/mol. The lowest BCUT2D eigenvalue weighted by Gasteiger charge is -2.38. The fourth-order valence-corrected chi connectivity index (χ4v) is 5.18. The van der Waals surface area contributed by atoms with Crippen molar-refractivity contribution in [3.63, 3.8) is 0 Å². The fraction of sp³-hybridized carbons (Fsp3) is 0.440. The van der Waals surface area contributed by atoms with Crippen molar-refractivity contribution in [1.29, 1.82) is 0 Å². The molecule has 35 heavy (non-hydrogen) atoms. The molecule has 1 aromatic heterocycles. The highest BCUT2D eigenvalue weighted by Crippen LogP contribution is 2.44. The van der Waals surface area contributed by atoms with Gasteiger partial charge in [0.05, 0.1) is 36.5 Å². The topological polar surface area (TPSA) is 86.5 Å².